The Morgan fingerprint density at radius 2 is 1.90 bits per heavy atom. The molecule has 152 valence electrons. The van der Waals surface area contributed by atoms with Gasteiger partial charge in [-0.2, -0.15) is 5.10 Å². The molecule has 1 aliphatic rings. The van der Waals surface area contributed by atoms with E-state index in [1.54, 1.807) is 42.5 Å². The number of hydrogen-bond acceptors (Lipinski definition) is 4. The summed E-state index contributed by atoms with van der Waals surface area (Å²) in [5, 5.41) is 8.59. The topological polar surface area (TPSA) is 63.1 Å². The molecule has 0 bridgehead atoms. The van der Waals surface area contributed by atoms with Gasteiger partial charge in [-0.1, -0.05) is 0 Å². The van der Waals surface area contributed by atoms with Gasteiger partial charge >= 0.3 is 0 Å². The Kier molecular flexibility index (Phi) is 5.32. The standard InChI is InChI=1S/C22H26FN5O/c1-27(2)18-6-4-14(5-7-18)22(29)26-21-10-15-8-19(17-12-25-28(3)13-17)20(23)9-16(15)11-24-21/h8-14,18H,4-7H2,1-3H3,(H,24,26,29). The number of aromatic nitrogens is 3. The lowest BCUT2D eigenvalue weighted by Gasteiger charge is -2.31. The van der Waals surface area contributed by atoms with Gasteiger partial charge in [0.1, 0.15) is 11.6 Å². The van der Waals surface area contributed by atoms with Crippen molar-refractivity contribution in [2.24, 2.45) is 13.0 Å². The van der Waals surface area contributed by atoms with Crippen LogP contribution in [0.5, 0.6) is 0 Å². The van der Waals surface area contributed by atoms with Crippen LogP contribution in [0.1, 0.15) is 25.7 Å². The van der Waals surface area contributed by atoms with Crippen molar-refractivity contribution in [3.05, 3.63) is 42.6 Å². The normalized spacial score (nSPS) is 19.6. The summed E-state index contributed by atoms with van der Waals surface area (Å²) in [6.45, 7) is 0. The van der Waals surface area contributed by atoms with E-state index in [1.165, 1.54) is 6.07 Å². The molecular formula is C22H26FN5O. The van der Waals surface area contributed by atoms with E-state index in [0.717, 1.165) is 31.1 Å². The number of rotatable bonds is 4. The number of pyridine rings is 1. The zero-order chi connectivity index (χ0) is 20.5. The van der Waals surface area contributed by atoms with Crippen LogP contribution in [0.15, 0.2) is 36.8 Å². The molecule has 1 amide bonds. The Balaban J connectivity index is 1.52. The van der Waals surface area contributed by atoms with Gasteiger partial charge in [-0.3, -0.25) is 9.48 Å². The average Bonchev–Trinajstić information content (AvgIpc) is 3.13. The summed E-state index contributed by atoms with van der Waals surface area (Å²) in [7, 11) is 5.98. The summed E-state index contributed by atoms with van der Waals surface area (Å²) in [5.41, 5.74) is 1.20. The molecule has 0 atom stereocenters. The van der Waals surface area contributed by atoms with Crippen molar-refractivity contribution >= 4 is 22.5 Å². The molecule has 1 aliphatic carbocycles. The van der Waals surface area contributed by atoms with Gasteiger partial charge in [0.15, 0.2) is 0 Å². The molecule has 0 saturated heterocycles. The zero-order valence-corrected chi connectivity index (χ0v) is 17.0. The van der Waals surface area contributed by atoms with Crippen LogP contribution in [0.2, 0.25) is 0 Å². The number of anilines is 1. The van der Waals surface area contributed by atoms with Gasteiger partial charge in [-0.15, -0.1) is 0 Å². The van der Waals surface area contributed by atoms with E-state index < -0.39 is 0 Å². The molecule has 7 heteroatoms. The SMILES string of the molecule is CN(C)C1CCC(C(=O)Nc2cc3cc(-c4cnn(C)c4)c(F)cc3cn2)CC1. The van der Waals surface area contributed by atoms with Crippen molar-refractivity contribution in [2.45, 2.75) is 31.7 Å². The highest BCUT2D eigenvalue weighted by molar-refractivity contribution is 5.95. The first-order chi connectivity index (χ1) is 13.9. The molecule has 2 aromatic heterocycles. The minimum atomic E-state index is -0.318. The lowest BCUT2D eigenvalue weighted by atomic mass is 9.85. The van der Waals surface area contributed by atoms with Crippen LogP contribution in [0.3, 0.4) is 0 Å². The van der Waals surface area contributed by atoms with Crippen LogP contribution < -0.4 is 5.32 Å². The molecule has 2 heterocycles. The lowest BCUT2D eigenvalue weighted by Crippen LogP contribution is -2.35. The van der Waals surface area contributed by atoms with E-state index in [9.17, 15) is 9.18 Å². The number of nitrogens with one attached hydrogen (secondary N) is 1. The predicted octanol–water partition coefficient (Wildman–Crippen LogP) is 3.83. The molecule has 29 heavy (non-hydrogen) atoms. The van der Waals surface area contributed by atoms with Crippen molar-refractivity contribution < 1.29 is 9.18 Å². The quantitative estimate of drug-likeness (QED) is 0.729. The predicted molar refractivity (Wildman–Crippen MR) is 112 cm³/mol. The smallest absolute Gasteiger partial charge is 0.228 e. The highest BCUT2D eigenvalue weighted by Crippen LogP contribution is 2.30. The average molecular weight is 395 g/mol. The molecular weight excluding hydrogens is 369 g/mol. The number of halogens is 1. The Morgan fingerprint density at radius 1 is 1.14 bits per heavy atom. The molecule has 3 aromatic rings. The van der Waals surface area contributed by atoms with E-state index in [1.807, 2.05) is 0 Å². The number of benzene rings is 1. The third kappa shape index (κ3) is 4.15. The van der Waals surface area contributed by atoms with Crippen LogP contribution in [-0.4, -0.2) is 45.7 Å². The second-order valence-corrected chi connectivity index (χ2v) is 8.11. The van der Waals surface area contributed by atoms with Gasteiger partial charge in [0.25, 0.3) is 0 Å². The largest absolute Gasteiger partial charge is 0.310 e. The van der Waals surface area contributed by atoms with Crippen molar-refractivity contribution in [1.29, 1.82) is 0 Å². The fourth-order valence-corrected chi connectivity index (χ4v) is 4.10. The second-order valence-electron chi connectivity index (χ2n) is 8.11. The fraction of sp³-hybridized carbons (Fsp3) is 0.409. The first-order valence-electron chi connectivity index (χ1n) is 9.96. The molecule has 6 nitrogen and oxygen atoms in total. The van der Waals surface area contributed by atoms with Crippen LogP contribution in [0.25, 0.3) is 21.9 Å². The fourth-order valence-electron chi connectivity index (χ4n) is 4.10. The summed E-state index contributed by atoms with van der Waals surface area (Å²) < 4.78 is 16.2. The van der Waals surface area contributed by atoms with Gasteiger partial charge in [-0.05, 0) is 63.4 Å². The Morgan fingerprint density at radius 3 is 2.55 bits per heavy atom. The third-order valence-electron chi connectivity index (χ3n) is 5.87. The molecule has 0 aliphatic heterocycles. The van der Waals surface area contributed by atoms with E-state index in [-0.39, 0.29) is 17.6 Å². The van der Waals surface area contributed by atoms with Crippen molar-refractivity contribution in [3.63, 3.8) is 0 Å². The monoisotopic (exact) mass is 395 g/mol. The highest BCUT2D eigenvalue weighted by Gasteiger charge is 2.27. The number of aryl methyl sites for hydroxylation is 1. The zero-order valence-electron chi connectivity index (χ0n) is 17.0. The van der Waals surface area contributed by atoms with Crippen LogP contribution in [0, 0.1) is 11.7 Å². The number of carbonyl (C=O) groups is 1. The van der Waals surface area contributed by atoms with Crippen molar-refractivity contribution in [3.8, 4) is 11.1 Å². The van der Waals surface area contributed by atoms with Gasteiger partial charge < -0.3 is 10.2 Å². The first kappa shape index (κ1) is 19.5. The minimum absolute atomic E-state index is 0.0165. The Hall–Kier alpha value is -2.80. The molecule has 1 saturated carbocycles. The van der Waals surface area contributed by atoms with E-state index in [0.29, 0.717) is 28.4 Å². The molecule has 1 aromatic carbocycles. The number of nitrogens with zero attached hydrogens (tertiary/aromatic N) is 4. The van der Waals surface area contributed by atoms with E-state index in [4.69, 9.17) is 0 Å². The maximum atomic E-state index is 14.5. The number of amides is 1. The summed E-state index contributed by atoms with van der Waals surface area (Å²) in [6, 6.07) is 5.61. The third-order valence-corrected chi connectivity index (χ3v) is 5.87. The summed E-state index contributed by atoms with van der Waals surface area (Å²) in [4.78, 5) is 19.2. The maximum absolute atomic E-state index is 14.5. The summed E-state index contributed by atoms with van der Waals surface area (Å²) >= 11 is 0. The van der Waals surface area contributed by atoms with Crippen LogP contribution >= 0.6 is 0 Å². The molecule has 0 unspecified atom stereocenters. The molecule has 1 N–H and O–H groups in total. The van der Waals surface area contributed by atoms with Crippen LogP contribution in [-0.2, 0) is 11.8 Å². The molecule has 0 radical (unpaired) electrons. The minimum Gasteiger partial charge on any atom is -0.310 e. The second kappa shape index (κ2) is 7.91. The number of carbonyl (C=O) groups excluding carboxylic acids is 1. The van der Waals surface area contributed by atoms with Gasteiger partial charge in [-0.25, -0.2) is 9.37 Å². The summed E-state index contributed by atoms with van der Waals surface area (Å²) in [5.74, 6) is 0.217. The van der Waals surface area contributed by atoms with E-state index >= 15 is 0 Å². The summed E-state index contributed by atoms with van der Waals surface area (Å²) in [6.07, 6.45) is 8.85. The van der Waals surface area contributed by atoms with Crippen LogP contribution in [0.4, 0.5) is 10.2 Å². The maximum Gasteiger partial charge on any atom is 0.228 e. The lowest BCUT2D eigenvalue weighted by molar-refractivity contribution is -0.121. The highest BCUT2D eigenvalue weighted by atomic mass is 19.1. The van der Waals surface area contributed by atoms with E-state index in [2.05, 4.69) is 34.4 Å². The number of fused-ring (bicyclic) bond motifs is 1. The van der Waals surface area contributed by atoms with Gasteiger partial charge in [0.05, 0.1) is 6.20 Å². The van der Waals surface area contributed by atoms with Crippen molar-refractivity contribution in [1.82, 2.24) is 19.7 Å². The van der Waals surface area contributed by atoms with Gasteiger partial charge in [0, 0.05) is 47.9 Å². The van der Waals surface area contributed by atoms with Gasteiger partial charge in [0.2, 0.25) is 5.91 Å². The first-order valence-corrected chi connectivity index (χ1v) is 9.96. The number of hydrogen-bond donors (Lipinski definition) is 1. The van der Waals surface area contributed by atoms with Crippen molar-refractivity contribution in [2.75, 3.05) is 19.4 Å². The Bertz CT molecular complexity index is 1040. The Labute approximate surface area is 169 Å². The molecule has 4 rings (SSSR count). The molecule has 1 fully saturated rings. The molecule has 0 spiro atoms.